The highest BCUT2D eigenvalue weighted by Gasteiger charge is 2.16. The smallest absolute Gasteiger partial charge is 0.164 e. The second kappa shape index (κ2) is 17.3. The number of hydrogen-bond donors (Lipinski definition) is 0. The molecule has 0 amide bonds. The van der Waals surface area contributed by atoms with Crippen LogP contribution in [0.2, 0.25) is 0 Å². The van der Waals surface area contributed by atoms with Crippen molar-refractivity contribution in [1.29, 1.82) is 0 Å². The third-order valence-electron chi connectivity index (χ3n) is 10.3. The van der Waals surface area contributed by atoms with E-state index < -0.39 is 0 Å². The van der Waals surface area contributed by atoms with Crippen molar-refractivity contribution in [3.63, 3.8) is 0 Å². The average molecular weight is 773 g/mol. The molecule has 7 aromatic carbocycles. The zero-order valence-corrected chi connectivity index (χ0v) is 33.3. The Kier molecular flexibility index (Phi) is 10.8. The third kappa shape index (κ3) is 8.35. The summed E-state index contributed by atoms with van der Waals surface area (Å²) in [7, 11) is 0. The first-order valence-electron chi connectivity index (χ1n) is 20.0. The molecule has 0 saturated heterocycles. The van der Waals surface area contributed by atoms with E-state index in [0.29, 0.717) is 34.9 Å². The van der Waals surface area contributed by atoms with Crippen LogP contribution in [-0.4, -0.2) is 29.9 Å². The Bertz CT molecular complexity index is 2900. The number of hydrogen-bond acceptors (Lipinski definition) is 6. The number of benzene rings is 7. The predicted octanol–water partition coefficient (Wildman–Crippen LogP) is 13.4. The van der Waals surface area contributed by atoms with Gasteiger partial charge in [-0.3, -0.25) is 0 Å². The lowest BCUT2D eigenvalue weighted by atomic mass is 9.99. The molecule has 6 heteroatoms. The number of nitrogens with zero attached hydrogens (tertiary/aromatic N) is 6. The second-order valence-electron chi connectivity index (χ2n) is 14.4. The molecule has 0 aliphatic rings. The van der Waals surface area contributed by atoms with Gasteiger partial charge in [0.2, 0.25) is 0 Å². The van der Waals surface area contributed by atoms with Crippen molar-refractivity contribution >= 4 is 5.57 Å². The van der Waals surface area contributed by atoms with Crippen LogP contribution in [0.25, 0.3) is 96.2 Å². The van der Waals surface area contributed by atoms with Gasteiger partial charge in [-0.2, -0.15) is 0 Å². The van der Waals surface area contributed by atoms with E-state index in [0.717, 1.165) is 55.6 Å². The van der Waals surface area contributed by atoms with Gasteiger partial charge in [0.25, 0.3) is 0 Å². The van der Waals surface area contributed by atoms with Crippen LogP contribution in [0.1, 0.15) is 19.4 Å². The van der Waals surface area contributed by atoms with Gasteiger partial charge in [-0.1, -0.05) is 194 Å². The Morgan fingerprint density at radius 1 is 0.317 bits per heavy atom. The highest BCUT2D eigenvalue weighted by Crippen LogP contribution is 2.32. The highest BCUT2D eigenvalue weighted by molar-refractivity contribution is 5.77. The quantitative estimate of drug-likeness (QED) is 0.129. The van der Waals surface area contributed by atoms with Gasteiger partial charge < -0.3 is 0 Å². The predicted molar refractivity (Wildman–Crippen MR) is 245 cm³/mol. The summed E-state index contributed by atoms with van der Waals surface area (Å²) in [5, 5.41) is 0. The lowest BCUT2D eigenvalue weighted by Gasteiger charge is -2.11. The standard InChI is InChI=1S/C54H40N6/c1-3-4-16-37(2)38-27-29-39(30-28-38)40-31-33-44(34-32-40)52-56-51(43-21-12-7-13-22-43)59-54(60-52)48-26-15-24-46(36-48)45-23-14-25-47(35-45)53-57-49(41-17-8-5-9-18-41)55-50(58-53)42-19-10-6-11-20-42/h3-36H,1-2H3/b4-3-,37-16+. The van der Waals surface area contributed by atoms with Crippen LogP contribution >= 0.6 is 0 Å². The Balaban J connectivity index is 1.06. The van der Waals surface area contributed by atoms with Crippen molar-refractivity contribution in [2.24, 2.45) is 0 Å². The molecule has 0 spiro atoms. The lowest BCUT2D eigenvalue weighted by Crippen LogP contribution is -2.00. The van der Waals surface area contributed by atoms with E-state index in [9.17, 15) is 0 Å². The number of rotatable bonds is 10. The van der Waals surface area contributed by atoms with E-state index in [1.165, 1.54) is 11.1 Å². The lowest BCUT2D eigenvalue weighted by molar-refractivity contribution is 1.07. The largest absolute Gasteiger partial charge is 0.208 e. The first-order valence-corrected chi connectivity index (χ1v) is 20.0. The molecule has 0 bridgehead atoms. The van der Waals surface area contributed by atoms with E-state index in [1.54, 1.807) is 0 Å². The van der Waals surface area contributed by atoms with Gasteiger partial charge in [0.1, 0.15) is 0 Å². The molecule has 0 unspecified atom stereocenters. The Hall–Kier alpha value is -7.96. The first kappa shape index (κ1) is 37.6. The average Bonchev–Trinajstić information content (AvgIpc) is 3.34. The number of aromatic nitrogens is 6. The van der Waals surface area contributed by atoms with Gasteiger partial charge in [0, 0.05) is 33.4 Å². The van der Waals surface area contributed by atoms with E-state index >= 15 is 0 Å². The minimum absolute atomic E-state index is 0.593. The highest BCUT2D eigenvalue weighted by atomic mass is 15.0. The molecule has 0 radical (unpaired) electrons. The van der Waals surface area contributed by atoms with Crippen molar-refractivity contribution < 1.29 is 0 Å². The van der Waals surface area contributed by atoms with Gasteiger partial charge in [-0.05, 0) is 59.4 Å². The van der Waals surface area contributed by atoms with Gasteiger partial charge in [0.15, 0.2) is 34.9 Å². The number of allylic oxidation sites excluding steroid dienone is 4. The molecule has 2 heterocycles. The summed E-state index contributed by atoms with van der Waals surface area (Å²) >= 11 is 0. The van der Waals surface area contributed by atoms with Crippen molar-refractivity contribution in [2.45, 2.75) is 13.8 Å². The summed E-state index contributed by atoms with van der Waals surface area (Å²) in [6, 6.07) is 63.9. The van der Waals surface area contributed by atoms with Gasteiger partial charge in [-0.15, -0.1) is 0 Å². The van der Waals surface area contributed by atoms with Crippen LogP contribution in [0.5, 0.6) is 0 Å². The molecule has 0 aliphatic carbocycles. The van der Waals surface area contributed by atoms with Crippen LogP contribution in [0.4, 0.5) is 0 Å². The molecule has 6 nitrogen and oxygen atoms in total. The van der Waals surface area contributed by atoms with Crippen molar-refractivity contribution in [3.8, 4) is 90.6 Å². The molecule has 286 valence electrons. The second-order valence-corrected chi connectivity index (χ2v) is 14.4. The van der Waals surface area contributed by atoms with Crippen molar-refractivity contribution in [1.82, 2.24) is 29.9 Å². The van der Waals surface area contributed by atoms with Crippen LogP contribution in [0.15, 0.2) is 206 Å². The maximum absolute atomic E-state index is 5.07. The summed E-state index contributed by atoms with van der Waals surface area (Å²) in [6.45, 7) is 4.16. The fourth-order valence-electron chi connectivity index (χ4n) is 7.04. The topological polar surface area (TPSA) is 77.3 Å². The monoisotopic (exact) mass is 772 g/mol. The van der Waals surface area contributed by atoms with Gasteiger partial charge >= 0.3 is 0 Å². The molecule has 0 N–H and O–H groups in total. The van der Waals surface area contributed by atoms with E-state index in [2.05, 4.69) is 91.9 Å². The maximum atomic E-state index is 5.07. The Labute approximate surface area is 350 Å². The van der Waals surface area contributed by atoms with Crippen molar-refractivity contribution in [3.05, 3.63) is 212 Å². The van der Waals surface area contributed by atoms with Crippen LogP contribution in [-0.2, 0) is 0 Å². The zero-order chi connectivity index (χ0) is 40.7. The molecule has 0 fully saturated rings. The van der Waals surface area contributed by atoms with E-state index in [1.807, 2.05) is 128 Å². The Morgan fingerprint density at radius 2 is 0.617 bits per heavy atom. The molecule has 60 heavy (non-hydrogen) atoms. The molecule has 0 aliphatic heterocycles. The van der Waals surface area contributed by atoms with Crippen molar-refractivity contribution in [2.75, 3.05) is 0 Å². The summed E-state index contributed by atoms with van der Waals surface area (Å²) in [6.07, 6.45) is 6.24. The minimum Gasteiger partial charge on any atom is -0.208 e. The van der Waals surface area contributed by atoms with Gasteiger partial charge in [0.05, 0.1) is 0 Å². The normalized spacial score (nSPS) is 11.5. The third-order valence-corrected chi connectivity index (χ3v) is 10.3. The molecule has 2 aromatic heterocycles. The minimum atomic E-state index is 0.593. The summed E-state index contributed by atoms with van der Waals surface area (Å²) < 4.78 is 0. The van der Waals surface area contributed by atoms with E-state index in [-0.39, 0.29) is 0 Å². The molecular weight excluding hydrogens is 733 g/mol. The first-order chi connectivity index (χ1) is 29.6. The SMILES string of the molecule is C/C=C\C=C(/C)c1ccc(-c2ccc(-c3nc(-c4ccccc4)nc(-c4cccc(-c5cccc(-c6nc(-c7ccccc7)nc(-c7ccccc7)n6)c5)c4)n3)cc2)cc1. The summed E-state index contributed by atoms with van der Waals surface area (Å²) in [4.78, 5) is 29.9. The Morgan fingerprint density at radius 3 is 1.00 bits per heavy atom. The molecule has 0 saturated carbocycles. The van der Waals surface area contributed by atoms with Crippen LogP contribution in [0, 0.1) is 0 Å². The van der Waals surface area contributed by atoms with Gasteiger partial charge in [-0.25, -0.2) is 29.9 Å². The zero-order valence-electron chi connectivity index (χ0n) is 33.3. The molecule has 0 atom stereocenters. The molecule has 9 aromatic rings. The fraction of sp³-hybridized carbons (Fsp3) is 0.0370. The summed E-state index contributed by atoms with van der Waals surface area (Å²) in [5.41, 5.74) is 12.2. The van der Waals surface area contributed by atoms with Crippen LogP contribution in [0.3, 0.4) is 0 Å². The summed E-state index contributed by atoms with van der Waals surface area (Å²) in [5.74, 6) is 3.66. The molecular formula is C54H40N6. The van der Waals surface area contributed by atoms with Crippen LogP contribution < -0.4 is 0 Å². The maximum Gasteiger partial charge on any atom is 0.164 e. The molecule has 9 rings (SSSR count). The fourth-order valence-corrected chi connectivity index (χ4v) is 7.04. The van der Waals surface area contributed by atoms with E-state index in [4.69, 9.17) is 29.9 Å².